The third-order valence-electron chi connectivity index (χ3n) is 3.50. The number of aryl methyl sites for hydroxylation is 1. The fourth-order valence-electron chi connectivity index (χ4n) is 2.36. The summed E-state index contributed by atoms with van der Waals surface area (Å²) >= 11 is 0. The van der Waals surface area contributed by atoms with Crippen LogP contribution in [0.5, 0.6) is 0 Å². The van der Waals surface area contributed by atoms with Gasteiger partial charge in [-0.15, -0.1) is 0 Å². The largest absolute Gasteiger partial charge is 0.350 e. The molecule has 134 valence electrons. The van der Waals surface area contributed by atoms with Crippen molar-refractivity contribution < 1.29 is 4.79 Å². The van der Waals surface area contributed by atoms with Crippen LogP contribution in [-0.2, 0) is 0 Å². The zero-order valence-electron chi connectivity index (χ0n) is 16.0. The second kappa shape index (κ2) is 7.64. The molecule has 2 aromatic rings. The number of carbonyl (C=O) groups is 1. The van der Waals surface area contributed by atoms with Gasteiger partial charge < -0.3 is 10.6 Å². The van der Waals surface area contributed by atoms with E-state index in [-0.39, 0.29) is 11.3 Å². The number of hydrogen-bond acceptors (Lipinski definition) is 5. The molecule has 0 radical (unpaired) electrons. The average molecular weight is 340 g/mol. The Hall–Kier alpha value is -2.43. The number of ketones is 1. The molecule has 2 N–H and O–H groups in total. The van der Waals surface area contributed by atoms with Gasteiger partial charge in [-0.25, -0.2) is 4.98 Å². The van der Waals surface area contributed by atoms with Gasteiger partial charge in [0.25, 0.3) is 0 Å². The summed E-state index contributed by atoms with van der Waals surface area (Å²) in [4.78, 5) is 21.2. The molecule has 0 saturated heterocycles. The molecular weight excluding hydrogens is 312 g/mol. The van der Waals surface area contributed by atoms with Crippen LogP contribution in [0.1, 0.15) is 57.0 Å². The van der Waals surface area contributed by atoms with E-state index in [4.69, 9.17) is 0 Å². The number of rotatable bonds is 6. The Morgan fingerprint density at radius 3 is 2.60 bits per heavy atom. The van der Waals surface area contributed by atoms with E-state index in [1.807, 2.05) is 45.0 Å². The minimum Gasteiger partial charge on any atom is -0.350 e. The van der Waals surface area contributed by atoms with Gasteiger partial charge >= 0.3 is 0 Å². The van der Waals surface area contributed by atoms with Crippen molar-refractivity contribution in [2.75, 3.05) is 10.6 Å². The van der Waals surface area contributed by atoms with E-state index in [0.717, 1.165) is 22.6 Å². The van der Waals surface area contributed by atoms with Crippen LogP contribution >= 0.6 is 0 Å². The molecule has 1 heterocycles. The number of aromatic nitrogens is 2. The Morgan fingerprint density at radius 1 is 1.24 bits per heavy atom. The van der Waals surface area contributed by atoms with Crippen molar-refractivity contribution in [2.45, 2.75) is 53.5 Å². The molecule has 1 aromatic heterocycles. The summed E-state index contributed by atoms with van der Waals surface area (Å²) in [6.07, 6.45) is 2.34. The number of hydrogen-bond donors (Lipinski definition) is 2. The summed E-state index contributed by atoms with van der Waals surface area (Å²) in [7, 11) is 0. The average Bonchev–Trinajstić information content (AvgIpc) is 2.49. The molecule has 0 spiro atoms. The molecule has 0 fully saturated rings. The van der Waals surface area contributed by atoms with E-state index in [0.29, 0.717) is 18.3 Å². The van der Waals surface area contributed by atoms with Crippen molar-refractivity contribution in [3.63, 3.8) is 0 Å². The predicted octanol–water partition coefficient (Wildman–Crippen LogP) is 4.97. The first kappa shape index (κ1) is 18.9. The van der Waals surface area contributed by atoms with Gasteiger partial charge in [0.2, 0.25) is 5.95 Å². The molecular formula is C20H28N4O. The normalized spacial score (nSPS) is 11.5. The molecule has 0 aliphatic heterocycles. The van der Waals surface area contributed by atoms with Crippen LogP contribution in [0.15, 0.2) is 30.5 Å². The highest BCUT2D eigenvalue weighted by Crippen LogP contribution is 2.22. The zero-order chi connectivity index (χ0) is 18.6. The molecule has 0 unspecified atom stereocenters. The molecule has 0 bridgehead atoms. The van der Waals surface area contributed by atoms with Crippen molar-refractivity contribution in [2.24, 2.45) is 5.92 Å². The molecule has 2 rings (SSSR count). The van der Waals surface area contributed by atoms with E-state index < -0.39 is 0 Å². The van der Waals surface area contributed by atoms with E-state index in [1.165, 1.54) is 0 Å². The Kier molecular flexibility index (Phi) is 5.77. The molecule has 5 nitrogen and oxygen atoms in total. The Bertz CT molecular complexity index is 748. The van der Waals surface area contributed by atoms with Crippen molar-refractivity contribution in [3.8, 4) is 0 Å². The smallest absolute Gasteiger partial charge is 0.225 e. The fourth-order valence-corrected chi connectivity index (χ4v) is 2.36. The standard InChI is InChI=1S/C20H28N4O/c1-13(2)10-17(25)15-8-7-9-16(11-15)22-18-14(3)12-21-19(23-18)24-20(4,5)6/h7-9,11-13H,10H2,1-6H3,(H2,21,22,23,24). The van der Waals surface area contributed by atoms with Gasteiger partial charge in [0.1, 0.15) is 5.82 Å². The van der Waals surface area contributed by atoms with Gasteiger partial charge in [-0.05, 0) is 45.7 Å². The molecule has 0 aliphatic carbocycles. The maximum atomic E-state index is 12.3. The van der Waals surface area contributed by atoms with Crippen LogP contribution in [0, 0.1) is 12.8 Å². The number of nitrogens with zero attached hydrogens (tertiary/aromatic N) is 2. The second-order valence-corrected chi connectivity index (χ2v) is 7.83. The van der Waals surface area contributed by atoms with Crippen LogP contribution in [0.4, 0.5) is 17.5 Å². The van der Waals surface area contributed by atoms with Gasteiger partial charge in [-0.1, -0.05) is 26.0 Å². The number of anilines is 3. The molecule has 0 amide bonds. The summed E-state index contributed by atoms with van der Waals surface area (Å²) in [5.74, 6) is 1.82. The van der Waals surface area contributed by atoms with E-state index >= 15 is 0 Å². The molecule has 0 saturated carbocycles. The van der Waals surface area contributed by atoms with Crippen LogP contribution in [-0.4, -0.2) is 21.3 Å². The highest BCUT2D eigenvalue weighted by Gasteiger charge is 2.13. The quantitative estimate of drug-likeness (QED) is 0.727. The monoisotopic (exact) mass is 340 g/mol. The summed E-state index contributed by atoms with van der Waals surface area (Å²) in [6, 6.07) is 7.56. The third kappa shape index (κ3) is 5.85. The fraction of sp³-hybridized carbons (Fsp3) is 0.450. The Morgan fingerprint density at radius 2 is 1.96 bits per heavy atom. The first-order chi connectivity index (χ1) is 11.6. The minimum absolute atomic E-state index is 0.115. The Labute approximate surface area is 150 Å². The predicted molar refractivity (Wildman–Crippen MR) is 104 cm³/mol. The van der Waals surface area contributed by atoms with Crippen LogP contribution in [0.25, 0.3) is 0 Å². The van der Waals surface area contributed by atoms with E-state index in [1.54, 1.807) is 6.20 Å². The van der Waals surface area contributed by atoms with Crippen LogP contribution in [0.2, 0.25) is 0 Å². The van der Waals surface area contributed by atoms with Crippen molar-refractivity contribution in [1.82, 2.24) is 9.97 Å². The number of nitrogens with one attached hydrogen (secondary N) is 2. The Balaban J connectivity index is 2.22. The van der Waals surface area contributed by atoms with Crippen LogP contribution in [0.3, 0.4) is 0 Å². The maximum absolute atomic E-state index is 12.3. The lowest BCUT2D eigenvalue weighted by molar-refractivity contribution is 0.0968. The van der Waals surface area contributed by atoms with Crippen LogP contribution < -0.4 is 10.6 Å². The molecule has 0 atom stereocenters. The lowest BCUT2D eigenvalue weighted by Gasteiger charge is -2.21. The first-order valence-electron chi connectivity index (χ1n) is 8.66. The number of benzene rings is 1. The number of carbonyl (C=O) groups excluding carboxylic acids is 1. The highest BCUT2D eigenvalue weighted by atomic mass is 16.1. The maximum Gasteiger partial charge on any atom is 0.225 e. The van der Waals surface area contributed by atoms with Gasteiger partial charge in [-0.2, -0.15) is 4.98 Å². The zero-order valence-corrected chi connectivity index (χ0v) is 16.0. The van der Waals surface area contributed by atoms with Gasteiger partial charge in [0, 0.05) is 35.0 Å². The second-order valence-electron chi connectivity index (χ2n) is 7.83. The first-order valence-corrected chi connectivity index (χ1v) is 8.66. The van der Waals surface area contributed by atoms with E-state index in [2.05, 4.69) is 41.4 Å². The van der Waals surface area contributed by atoms with Crippen molar-refractivity contribution >= 4 is 23.2 Å². The molecule has 5 heteroatoms. The summed E-state index contributed by atoms with van der Waals surface area (Å²) in [5.41, 5.74) is 2.39. The van der Waals surface area contributed by atoms with Crippen molar-refractivity contribution in [1.29, 1.82) is 0 Å². The van der Waals surface area contributed by atoms with Gasteiger partial charge in [0.05, 0.1) is 0 Å². The molecule has 0 aliphatic rings. The summed E-state index contributed by atoms with van der Waals surface area (Å²) in [6.45, 7) is 12.2. The van der Waals surface area contributed by atoms with E-state index in [9.17, 15) is 4.79 Å². The third-order valence-corrected chi connectivity index (χ3v) is 3.50. The van der Waals surface area contributed by atoms with Crippen molar-refractivity contribution in [3.05, 3.63) is 41.6 Å². The van der Waals surface area contributed by atoms with Gasteiger partial charge in [0.15, 0.2) is 5.78 Å². The molecule has 1 aromatic carbocycles. The summed E-state index contributed by atoms with van der Waals surface area (Å²) < 4.78 is 0. The van der Waals surface area contributed by atoms with Gasteiger partial charge in [-0.3, -0.25) is 4.79 Å². The topological polar surface area (TPSA) is 66.9 Å². The summed E-state index contributed by atoms with van der Waals surface area (Å²) in [5, 5.41) is 6.57. The lowest BCUT2D eigenvalue weighted by atomic mass is 10.0. The minimum atomic E-state index is -0.115. The number of Topliss-reactive ketones (excluding diaryl/α,β-unsaturated/α-hetero) is 1. The molecule has 25 heavy (non-hydrogen) atoms. The lowest BCUT2D eigenvalue weighted by Crippen LogP contribution is -2.27. The highest BCUT2D eigenvalue weighted by molar-refractivity contribution is 5.97. The SMILES string of the molecule is Cc1cnc(NC(C)(C)C)nc1Nc1cccc(C(=O)CC(C)C)c1.